The monoisotopic (exact) mass is 400 g/mol. The van der Waals surface area contributed by atoms with E-state index in [1.807, 2.05) is 34.1 Å². The first-order chi connectivity index (χ1) is 14.0. The SMILES string of the molecule is COc1ccccc1CCC(=O)N1CCC2(CC1)CC(O)CN(CC1CC1)C2=O. The summed E-state index contributed by atoms with van der Waals surface area (Å²) in [6.07, 6.45) is 4.89. The second kappa shape index (κ2) is 8.34. The number of benzene rings is 1. The van der Waals surface area contributed by atoms with Gasteiger partial charge in [0.25, 0.3) is 0 Å². The Hall–Kier alpha value is -2.08. The molecular weight excluding hydrogens is 368 g/mol. The first-order valence-corrected chi connectivity index (χ1v) is 10.9. The van der Waals surface area contributed by atoms with Crippen LogP contribution < -0.4 is 4.74 Å². The molecule has 1 N–H and O–H groups in total. The van der Waals surface area contributed by atoms with Gasteiger partial charge in [0.2, 0.25) is 11.8 Å². The van der Waals surface area contributed by atoms with Crippen molar-refractivity contribution in [3.63, 3.8) is 0 Å². The van der Waals surface area contributed by atoms with Crippen LogP contribution >= 0.6 is 0 Å². The molecule has 1 aromatic rings. The Balaban J connectivity index is 1.33. The smallest absolute Gasteiger partial charge is 0.229 e. The molecule has 0 aromatic heterocycles. The summed E-state index contributed by atoms with van der Waals surface area (Å²) in [5.41, 5.74) is 0.560. The minimum absolute atomic E-state index is 0.129. The van der Waals surface area contributed by atoms with Crippen molar-refractivity contribution in [2.24, 2.45) is 11.3 Å². The Labute approximate surface area is 172 Å². The molecule has 2 amide bonds. The van der Waals surface area contributed by atoms with Gasteiger partial charge in [-0.25, -0.2) is 0 Å². The Morgan fingerprint density at radius 3 is 2.66 bits per heavy atom. The van der Waals surface area contributed by atoms with E-state index < -0.39 is 11.5 Å². The third-order valence-electron chi connectivity index (χ3n) is 6.85. The lowest BCUT2D eigenvalue weighted by atomic mass is 9.70. The number of carbonyl (C=O) groups is 2. The van der Waals surface area contributed by atoms with Crippen molar-refractivity contribution in [3.05, 3.63) is 29.8 Å². The number of aliphatic hydroxyl groups is 1. The average molecular weight is 401 g/mol. The summed E-state index contributed by atoms with van der Waals surface area (Å²) >= 11 is 0. The van der Waals surface area contributed by atoms with Crippen molar-refractivity contribution in [1.29, 1.82) is 0 Å². The number of para-hydroxylation sites is 1. The number of aliphatic hydroxyl groups excluding tert-OH is 1. The molecular formula is C23H32N2O4. The number of rotatable bonds is 6. The van der Waals surface area contributed by atoms with E-state index in [1.165, 1.54) is 12.8 Å². The zero-order valence-corrected chi connectivity index (χ0v) is 17.3. The van der Waals surface area contributed by atoms with Crippen LogP contribution in [0.5, 0.6) is 5.75 Å². The summed E-state index contributed by atoms with van der Waals surface area (Å²) in [6.45, 7) is 2.46. The van der Waals surface area contributed by atoms with Gasteiger partial charge in [-0.15, -0.1) is 0 Å². The van der Waals surface area contributed by atoms with Gasteiger partial charge in [0.05, 0.1) is 18.6 Å². The van der Waals surface area contributed by atoms with Crippen LogP contribution in [0.25, 0.3) is 0 Å². The van der Waals surface area contributed by atoms with Gasteiger partial charge in [-0.05, 0) is 56.1 Å². The number of nitrogens with zero attached hydrogens (tertiary/aromatic N) is 2. The number of piperidine rings is 2. The first kappa shape index (κ1) is 20.2. The Bertz CT molecular complexity index is 751. The molecule has 2 heterocycles. The molecule has 6 heteroatoms. The summed E-state index contributed by atoms with van der Waals surface area (Å²) in [5.74, 6) is 1.77. The molecule has 1 aliphatic carbocycles. The maximum atomic E-state index is 13.2. The zero-order chi connectivity index (χ0) is 20.4. The summed E-state index contributed by atoms with van der Waals surface area (Å²) in [5, 5.41) is 10.4. The average Bonchev–Trinajstić information content (AvgIpc) is 3.55. The van der Waals surface area contributed by atoms with Gasteiger partial charge in [0.15, 0.2) is 0 Å². The number of ether oxygens (including phenoxy) is 1. The number of hydrogen-bond donors (Lipinski definition) is 1. The van der Waals surface area contributed by atoms with Gasteiger partial charge in [-0.1, -0.05) is 18.2 Å². The fourth-order valence-electron chi connectivity index (χ4n) is 4.96. The molecule has 1 aromatic carbocycles. The lowest BCUT2D eigenvalue weighted by molar-refractivity contribution is -0.159. The Morgan fingerprint density at radius 1 is 1.24 bits per heavy atom. The predicted octanol–water partition coefficient (Wildman–Crippen LogP) is 2.24. The van der Waals surface area contributed by atoms with E-state index in [1.54, 1.807) is 7.11 Å². The van der Waals surface area contributed by atoms with Crippen molar-refractivity contribution in [2.75, 3.05) is 33.3 Å². The quantitative estimate of drug-likeness (QED) is 0.795. The van der Waals surface area contributed by atoms with Crippen LogP contribution in [0.2, 0.25) is 0 Å². The predicted molar refractivity (Wildman–Crippen MR) is 109 cm³/mol. The summed E-state index contributed by atoms with van der Waals surface area (Å²) in [4.78, 5) is 29.7. The van der Waals surface area contributed by atoms with Gasteiger partial charge in [-0.3, -0.25) is 9.59 Å². The first-order valence-electron chi connectivity index (χ1n) is 10.9. The van der Waals surface area contributed by atoms with Crippen LogP contribution in [0.15, 0.2) is 24.3 Å². The number of hydrogen-bond acceptors (Lipinski definition) is 4. The number of likely N-dealkylation sites (tertiary alicyclic amines) is 2. The minimum atomic E-state index is -0.480. The standard InChI is InChI=1S/C23H32N2O4/c1-29-20-5-3-2-4-18(20)8-9-21(27)24-12-10-23(11-13-24)14-19(26)16-25(22(23)28)15-17-6-7-17/h2-5,17,19,26H,6-16H2,1H3. The fourth-order valence-corrected chi connectivity index (χ4v) is 4.96. The molecule has 3 aliphatic rings. The third-order valence-corrected chi connectivity index (χ3v) is 6.85. The van der Waals surface area contributed by atoms with E-state index in [0.29, 0.717) is 57.7 Å². The largest absolute Gasteiger partial charge is 0.496 e. The maximum absolute atomic E-state index is 13.2. The van der Waals surface area contributed by atoms with E-state index in [9.17, 15) is 14.7 Å². The van der Waals surface area contributed by atoms with Crippen LogP contribution in [-0.2, 0) is 16.0 Å². The van der Waals surface area contributed by atoms with E-state index in [4.69, 9.17) is 4.74 Å². The van der Waals surface area contributed by atoms with Crippen molar-refractivity contribution in [1.82, 2.24) is 9.80 Å². The number of β-amino-alcohol motifs (C(OH)–C–C–N with tert-alkyl or cyclic N) is 1. The molecule has 3 fully saturated rings. The molecule has 0 radical (unpaired) electrons. The summed E-state index contributed by atoms with van der Waals surface area (Å²) in [6, 6.07) is 7.79. The molecule has 1 unspecified atom stereocenters. The van der Waals surface area contributed by atoms with Crippen molar-refractivity contribution in [3.8, 4) is 5.75 Å². The van der Waals surface area contributed by atoms with Gasteiger partial charge in [-0.2, -0.15) is 0 Å². The van der Waals surface area contributed by atoms with Gasteiger partial charge in [0.1, 0.15) is 5.75 Å². The molecule has 1 spiro atoms. The Morgan fingerprint density at radius 2 is 1.97 bits per heavy atom. The molecule has 6 nitrogen and oxygen atoms in total. The molecule has 1 saturated carbocycles. The second-order valence-corrected chi connectivity index (χ2v) is 8.98. The normalized spacial score (nSPS) is 24.1. The Kier molecular flexibility index (Phi) is 5.81. The van der Waals surface area contributed by atoms with E-state index in [2.05, 4.69) is 0 Å². The van der Waals surface area contributed by atoms with E-state index in [0.717, 1.165) is 17.9 Å². The number of carbonyl (C=O) groups excluding carboxylic acids is 2. The van der Waals surface area contributed by atoms with Crippen molar-refractivity contribution < 1.29 is 19.4 Å². The molecule has 29 heavy (non-hydrogen) atoms. The number of amides is 2. The highest BCUT2D eigenvalue weighted by molar-refractivity contribution is 5.84. The molecule has 0 bridgehead atoms. The zero-order valence-electron chi connectivity index (χ0n) is 17.3. The highest BCUT2D eigenvalue weighted by Gasteiger charge is 2.49. The molecule has 1 atom stereocenters. The highest BCUT2D eigenvalue weighted by Crippen LogP contribution is 2.42. The number of aryl methyl sites for hydroxylation is 1. The van der Waals surface area contributed by atoms with Crippen LogP contribution in [0.1, 0.15) is 44.1 Å². The molecule has 2 aliphatic heterocycles. The van der Waals surface area contributed by atoms with E-state index >= 15 is 0 Å². The van der Waals surface area contributed by atoms with Crippen LogP contribution in [0.4, 0.5) is 0 Å². The van der Waals surface area contributed by atoms with Gasteiger partial charge in [0, 0.05) is 32.6 Å². The second-order valence-electron chi connectivity index (χ2n) is 8.98. The third kappa shape index (κ3) is 4.42. The van der Waals surface area contributed by atoms with Crippen molar-refractivity contribution >= 4 is 11.8 Å². The summed E-state index contributed by atoms with van der Waals surface area (Å²) in [7, 11) is 1.65. The molecule has 158 valence electrons. The molecule has 4 rings (SSSR count). The maximum Gasteiger partial charge on any atom is 0.229 e. The highest BCUT2D eigenvalue weighted by atomic mass is 16.5. The van der Waals surface area contributed by atoms with Crippen LogP contribution in [0.3, 0.4) is 0 Å². The van der Waals surface area contributed by atoms with Gasteiger partial charge >= 0.3 is 0 Å². The fraction of sp³-hybridized carbons (Fsp3) is 0.652. The van der Waals surface area contributed by atoms with Gasteiger partial charge < -0.3 is 19.6 Å². The number of methoxy groups -OCH3 is 1. The molecule has 2 saturated heterocycles. The van der Waals surface area contributed by atoms with Crippen LogP contribution in [-0.4, -0.2) is 66.1 Å². The van der Waals surface area contributed by atoms with Crippen molar-refractivity contribution in [2.45, 2.75) is 51.0 Å². The lowest BCUT2D eigenvalue weighted by Crippen LogP contribution is -2.58. The van der Waals surface area contributed by atoms with E-state index in [-0.39, 0.29) is 11.8 Å². The van der Waals surface area contributed by atoms with Crippen LogP contribution in [0, 0.1) is 11.3 Å². The lowest BCUT2D eigenvalue weighted by Gasteiger charge is -2.48. The summed E-state index contributed by atoms with van der Waals surface area (Å²) < 4.78 is 5.37. The minimum Gasteiger partial charge on any atom is -0.496 e. The topological polar surface area (TPSA) is 70.1 Å².